The Morgan fingerprint density at radius 3 is 2.69 bits per heavy atom. The number of hydrogen-bond acceptors (Lipinski definition) is 3. The summed E-state index contributed by atoms with van der Waals surface area (Å²) in [6.45, 7) is 1.83. The van der Waals surface area contributed by atoms with Crippen molar-refractivity contribution < 1.29 is 14.3 Å². The Morgan fingerprint density at radius 1 is 1.19 bits per heavy atom. The van der Waals surface area contributed by atoms with E-state index in [2.05, 4.69) is 16.7 Å². The summed E-state index contributed by atoms with van der Waals surface area (Å²) in [6, 6.07) is 14.8. The first-order valence-corrected chi connectivity index (χ1v) is 9.02. The molecule has 138 valence electrons. The van der Waals surface area contributed by atoms with Gasteiger partial charge in [-0.15, -0.1) is 0 Å². The molecule has 2 amide bonds. The molecular weight excluding hydrogens is 352 g/mol. The highest BCUT2D eigenvalue weighted by atomic mass is 35.5. The average Bonchev–Trinajstić information content (AvgIpc) is 2.67. The summed E-state index contributed by atoms with van der Waals surface area (Å²) in [5.41, 5.74) is 1.55. The lowest BCUT2D eigenvalue weighted by Crippen LogP contribution is -2.45. The third-order valence-corrected chi connectivity index (χ3v) is 5.03. The first-order chi connectivity index (χ1) is 12.6. The Balaban J connectivity index is 1.73. The number of rotatable bonds is 5. The Morgan fingerprint density at radius 2 is 1.96 bits per heavy atom. The van der Waals surface area contributed by atoms with Crippen LogP contribution in [-0.4, -0.2) is 32.9 Å². The molecule has 26 heavy (non-hydrogen) atoms. The van der Waals surface area contributed by atoms with Crippen molar-refractivity contribution in [2.75, 3.05) is 32.2 Å². The van der Waals surface area contributed by atoms with Gasteiger partial charge in [-0.3, -0.25) is 0 Å². The molecule has 1 heterocycles. The standard InChI is InChI=1S/C20H23ClN2O3/c1-25-18-8-3-2-7-17(18)20(9-11-26-12-10-20)14-22-19(24)23-16-6-4-5-15(21)13-16/h2-8,13H,9-12,14H2,1H3,(H2,22,23,24). The van der Waals surface area contributed by atoms with Gasteiger partial charge in [-0.05, 0) is 37.1 Å². The lowest BCUT2D eigenvalue weighted by Gasteiger charge is -2.38. The Hall–Kier alpha value is -2.24. The lowest BCUT2D eigenvalue weighted by atomic mass is 9.73. The molecule has 2 aromatic carbocycles. The fourth-order valence-corrected chi connectivity index (χ4v) is 3.57. The summed E-state index contributed by atoms with van der Waals surface area (Å²) in [5, 5.41) is 6.41. The van der Waals surface area contributed by atoms with Gasteiger partial charge in [0.2, 0.25) is 0 Å². The number of hydrogen-bond donors (Lipinski definition) is 2. The number of amides is 2. The van der Waals surface area contributed by atoms with Gasteiger partial charge < -0.3 is 20.1 Å². The van der Waals surface area contributed by atoms with Crippen molar-refractivity contribution in [1.82, 2.24) is 5.32 Å². The van der Waals surface area contributed by atoms with Crippen molar-refractivity contribution >= 4 is 23.3 Å². The van der Waals surface area contributed by atoms with Crippen LogP contribution in [0.15, 0.2) is 48.5 Å². The molecule has 1 saturated heterocycles. The van der Waals surface area contributed by atoms with E-state index >= 15 is 0 Å². The van der Waals surface area contributed by atoms with Gasteiger partial charge in [0.15, 0.2) is 0 Å². The second-order valence-electron chi connectivity index (χ2n) is 6.41. The number of anilines is 1. The van der Waals surface area contributed by atoms with Crippen LogP contribution in [0.3, 0.4) is 0 Å². The zero-order valence-electron chi connectivity index (χ0n) is 14.8. The molecule has 5 nitrogen and oxygen atoms in total. The fraction of sp³-hybridized carbons (Fsp3) is 0.350. The van der Waals surface area contributed by atoms with Gasteiger partial charge in [-0.25, -0.2) is 4.79 Å². The maximum atomic E-state index is 12.4. The average molecular weight is 375 g/mol. The molecule has 1 aliphatic heterocycles. The van der Waals surface area contributed by atoms with Crippen molar-refractivity contribution in [3.05, 3.63) is 59.1 Å². The Kier molecular flexibility index (Phi) is 6.01. The summed E-state index contributed by atoms with van der Waals surface area (Å²) < 4.78 is 11.1. The van der Waals surface area contributed by atoms with Gasteiger partial charge >= 0.3 is 6.03 Å². The van der Waals surface area contributed by atoms with Crippen LogP contribution in [0.2, 0.25) is 5.02 Å². The normalized spacial score (nSPS) is 15.9. The number of ether oxygens (including phenoxy) is 2. The molecule has 2 aromatic rings. The van der Waals surface area contributed by atoms with Gasteiger partial charge in [0.1, 0.15) is 5.75 Å². The van der Waals surface area contributed by atoms with Gasteiger partial charge in [-0.2, -0.15) is 0 Å². The van der Waals surface area contributed by atoms with E-state index in [1.807, 2.05) is 18.2 Å². The zero-order chi connectivity index (χ0) is 18.4. The second-order valence-corrected chi connectivity index (χ2v) is 6.85. The van der Waals surface area contributed by atoms with Gasteiger partial charge in [0.25, 0.3) is 0 Å². The van der Waals surface area contributed by atoms with Crippen molar-refractivity contribution in [2.45, 2.75) is 18.3 Å². The number of carbonyl (C=O) groups excluding carboxylic acids is 1. The van der Waals surface area contributed by atoms with E-state index in [1.165, 1.54) is 0 Å². The number of methoxy groups -OCH3 is 1. The topological polar surface area (TPSA) is 59.6 Å². The Bertz CT molecular complexity index is 760. The van der Waals surface area contributed by atoms with Gasteiger partial charge in [0.05, 0.1) is 7.11 Å². The van der Waals surface area contributed by atoms with E-state index < -0.39 is 0 Å². The molecule has 3 rings (SSSR count). The predicted molar refractivity (Wildman–Crippen MR) is 103 cm³/mol. The minimum atomic E-state index is -0.256. The number of para-hydroxylation sites is 1. The van der Waals surface area contributed by atoms with Crippen LogP contribution in [0.1, 0.15) is 18.4 Å². The highest BCUT2D eigenvalue weighted by molar-refractivity contribution is 6.30. The monoisotopic (exact) mass is 374 g/mol. The maximum Gasteiger partial charge on any atom is 0.319 e. The number of halogens is 1. The summed E-state index contributed by atoms with van der Waals surface area (Å²) in [5.74, 6) is 0.839. The fourth-order valence-electron chi connectivity index (χ4n) is 3.38. The van der Waals surface area contributed by atoms with Crippen molar-refractivity contribution in [3.8, 4) is 5.75 Å². The molecule has 6 heteroatoms. The molecule has 0 aromatic heterocycles. The van der Waals surface area contributed by atoms with Crippen molar-refractivity contribution in [3.63, 3.8) is 0 Å². The summed E-state index contributed by atoms with van der Waals surface area (Å²) >= 11 is 5.96. The quantitative estimate of drug-likeness (QED) is 0.823. The molecule has 0 saturated carbocycles. The highest BCUT2D eigenvalue weighted by Gasteiger charge is 2.37. The Labute approximate surface area is 158 Å². The van der Waals surface area contributed by atoms with E-state index in [9.17, 15) is 4.79 Å². The van der Waals surface area contributed by atoms with Crippen LogP contribution < -0.4 is 15.4 Å². The highest BCUT2D eigenvalue weighted by Crippen LogP contribution is 2.39. The summed E-state index contributed by atoms with van der Waals surface area (Å²) in [7, 11) is 1.67. The predicted octanol–water partition coefficient (Wildman–Crippen LogP) is 4.22. The summed E-state index contributed by atoms with van der Waals surface area (Å²) in [6.07, 6.45) is 1.65. The second kappa shape index (κ2) is 8.43. The van der Waals surface area contributed by atoms with Crippen LogP contribution in [0, 0.1) is 0 Å². The first-order valence-electron chi connectivity index (χ1n) is 8.65. The molecule has 0 spiro atoms. The van der Waals surface area contributed by atoms with Crippen molar-refractivity contribution in [2.24, 2.45) is 0 Å². The minimum absolute atomic E-state index is 0.212. The molecule has 0 aliphatic carbocycles. The molecular formula is C20H23ClN2O3. The molecule has 0 unspecified atom stereocenters. The van der Waals surface area contributed by atoms with E-state index in [0.717, 1.165) is 24.2 Å². The van der Waals surface area contributed by atoms with Crippen molar-refractivity contribution in [1.29, 1.82) is 0 Å². The minimum Gasteiger partial charge on any atom is -0.496 e. The maximum absolute atomic E-state index is 12.4. The van der Waals surface area contributed by atoms with E-state index in [0.29, 0.717) is 30.5 Å². The molecule has 0 atom stereocenters. The number of urea groups is 1. The molecule has 1 fully saturated rings. The third-order valence-electron chi connectivity index (χ3n) is 4.80. The zero-order valence-corrected chi connectivity index (χ0v) is 15.5. The SMILES string of the molecule is COc1ccccc1C1(CNC(=O)Nc2cccc(Cl)c2)CCOCC1. The van der Waals surface area contributed by atoms with Crippen LogP contribution in [-0.2, 0) is 10.2 Å². The van der Waals surface area contributed by atoms with E-state index in [4.69, 9.17) is 21.1 Å². The molecule has 0 radical (unpaired) electrons. The number of benzene rings is 2. The smallest absolute Gasteiger partial charge is 0.319 e. The van der Waals surface area contributed by atoms with Gasteiger partial charge in [-0.1, -0.05) is 35.9 Å². The molecule has 0 bridgehead atoms. The van der Waals surface area contributed by atoms with Crippen LogP contribution in [0.4, 0.5) is 10.5 Å². The van der Waals surface area contributed by atoms with Crippen LogP contribution >= 0.6 is 11.6 Å². The largest absolute Gasteiger partial charge is 0.496 e. The van der Waals surface area contributed by atoms with Crippen LogP contribution in [0.5, 0.6) is 5.75 Å². The summed E-state index contributed by atoms with van der Waals surface area (Å²) in [4.78, 5) is 12.4. The third kappa shape index (κ3) is 4.29. The first kappa shape index (κ1) is 18.5. The molecule has 1 aliphatic rings. The molecule has 2 N–H and O–H groups in total. The van der Waals surface area contributed by atoms with E-state index in [-0.39, 0.29) is 11.4 Å². The van der Waals surface area contributed by atoms with E-state index in [1.54, 1.807) is 31.4 Å². The van der Waals surface area contributed by atoms with Crippen LogP contribution in [0.25, 0.3) is 0 Å². The van der Waals surface area contributed by atoms with Gasteiger partial charge in [0, 0.05) is 41.4 Å². The lowest BCUT2D eigenvalue weighted by molar-refractivity contribution is 0.0500. The number of nitrogens with one attached hydrogen (secondary N) is 2. The number of carbonyl (C=O) groups is 1.